The lowest BCUT2D eigenvalue weighted by molar-refractivity contribution is 0.0989. The monoisotopic (exact) mass is 418 g/mol. The number of nitrogens with zero attached hydrogens (tertiary/aromatic N) is 1. The van der Waals surface area contributed by atoms with Gasteiger partial charge in [-0.2, -0.15) is 0 Å². The van der Waals surface area contributed by atoms with Gasteiger partial charge in [0.05, 0.1) is 18.1 Å². The van der Waals surface area contributed by atoms with Crippen LogP contribution in [0.15, 0.2) is 41.3 Å². The minimum atomic E-state index is -3.52. The summed E-state index contributed by atoms with van der Waals surface area (Å²) in [5, 5.41) is 0. The third kappa shape index (κ3) is 4.38. The number of ether oxygens (including phenoxy) is 2. The number of hydrogen-bond acceptors (Lipinski definition) is 5. The van der Waals surface area contributed by atoms with E-state index in [0.717, 1.165) is 17.7 Å². The molecule has 7 nitrogen and oxygen atoms in total. The molecule has 1 heterocycles. The second-order valence-corrected chi connectivity index (χ2v) is 8.53. The average molecular weight is 419 g/mol. The standard InChI is InChI=1S/C21H26N2O5S/c1-4-12-28-19-9-6-16(14-20(19)27-5-2)21(24)23-11-10-15-13-17(7-8-18(15)23)29(25,26)22-3/h6-9,13-14,22H,4-5,10-12H2,1-3H3. The number of amides is 1. The van der Waals surface area contributed by atoms with Crippen LogP contribution >= 0.6 is 0 Å². The lowest BCUT2D eigenvalue weighted by Crippen LogP contribution is -2.29. The van der Waals surface area contributed by atoms with Crippen molar-refractivity contribution in [3.05, 3.63) is 47.5 Å². The Balaban J connectivity index is 1.88. The summed E-state index contributed by atoms with van der Waals surface area (Å²) >= 11 is 0. The molecular weight excluding hydrogens is 392 g/mol. The van der Waals surface area contributed by atoms with Crippen LogP contribution in [-0.4, -0.2) is 41.1 Å². The van der Waals surface area contributed by atoms with Crippen LogP contribution < -0.4 is 19.1 Å². The van der Waals surface area contributed by atoms with Crippen molar-refractivity contribution in [1.82, 2.24) is 4.72 Å². The molecule has 0 unspecified atom stereocenters. The Kier molecular flexibility index (Phi) is 6.44. The number of anilines is 1. The van der Waals surface area contributed by atoms with E-state index in [4.69, 9.17) is 9.47 Å². The molecule has 0 fully saturated rings. The fourth-order valence-corrected chi connectivity index (χ4v) is 4.05. The van der Waals surface area contributed by atoms with Gasteiger partial charge in [-0.15, -0.1) is 0 Å². The number of benzene rings is 2. The summed E-state index contributed by atoms with van der Waals surface area (Å²) in [6, 6.07) is 10.0. The van der Waals surface area contributed by atoms with Gasteiger partial charge in [-0.25, -0.2) is 13.1 Å². The molecule has 1 aliphatic rings. The lowest BCUT2D eigenvalue weighted by Gasteiger charge is -2.19. The van der Waals surface area contributed by atoms with Crippen molar-refractivity contribution in [2.45, 2.75) is 31.6 Å². The second-order valence-electron chi connectivity index (χ2n) is 6.65. The number of sulfonamides is 1. The van der Waals surface area contributed by atoms with Gasteiger partial charge in [-0.05, 0) is 68.8 Å². The van der Waals surface area contributed by atoms with Crippen molar-refractivity contribution in [3.8, 4) is 11.5 Å². The SMILES string of the molecule is CCCOc1ccc(C(=O)N2CCc3cc(S(=O)(=O)NC)ccc32)cc1OCC. The molecule has 29 heavy (non-hydrogen) atoms. The summed E-state index contributed by atoms with van der Waals surface area (Å²) in [4.78, 5) is 15.0. The Bertz CT molecular complexity index is 1000. The van der Waals surface area contributed by atoms with Gasteiger partial charge in [0.25, 0.3) is 5.91 Å². The summed E-state index contributed by atoms with van der Waals surface area (Å²) in [6.07, 6.45) is 1.48. The molecule has 8 heteroatoms. The van der Waals surface area contributed by atoms with Gasteiger partial charge in [0.1, 0.15) is 0 Å². The molecule has 3 rings (SSSR count). The normalized spacial score (nSPS) is 13.3. The largest absolute Gasteiger partial charge is 0.490 e. The van der Waals surface area contributed by atoms with Gasteiger partial charge in [0, 0.05) is 17.8 Å². The first kappa shape index (κ1) is 21.1. The molecule has 0 spiro atoms. The maximum absolute atomic E-state index is 13.1. The first-order chi connectivity index (χ1) is 13.9. The van der Waals surface area contributed by atoms with Gasteiger partial charge < -0.3 is 14.4 Å². The fourth-order valence-electron chi connectivity index (χ4n) is 3.27. The van der Waals surface area contributed by atoms with Crippen LogP contribution in [0.5, 0.6) is 11.5 Å². The van der Waals surface area contributed by atoms with Crippen molar-refractivity contribution in [1.29, 1.82) is 0 Å². The third-order valence-corrected chi connectivity index (χ3v) is 6.13. The molecule has 1 amide bonds. The predicted octanol–water partition coefficient (Wildman–Crippen LogP) is 2.99. The number of hydrogen-bond donors (Lipinski definition) is 1. The van der Waals surface area contributed by atoms with Crippen LogP contribution in [0.3, 0.4) is 0 Å². The summed E-state index contributed by atoms with van der Waals surface area (Å²) in [7, 11) is -2.14. The maximum Gasteiger partial charge on any atom is 0.258 e. The first-order valence-corrected chi connectivity index (χ1v) is 11.2. The molecule has 0 aliphatic carbocycles. The molecule has 0 bridgehead atoms. The van der Waals surface area contributed by atoms with E-state index in [9.17, 15) is 13.2 Å². The highest BCUT2D eigenvalue weighted by molar-refractivity contribution is 7.89. The highest BCUT2D eigenvalue weighted by atomic mass is 32.2. The van der Waals surface area contributed by atoms with Gasteiger partial charge in [-0.3, -0.25) is 4.79 Å². The Morgan fingerprint density at radius 1 is 1.10 bits per heavy atom. The van der Waals surface area contributed by atoms with Crippen LogP contribution in [0.2, 0.25) is 0 Å². The first-order valence-electron chi connectivity index (χ1n) is 9.69. The fraction of sp³-hybridized carbons (Fsp3) is 0.381. The van der Waals surface area contributed by atoms with E-state index in [-0.39, 0.29) is 10.8 Å². The van der Waals surface area contributed by atoms with Crippen molar-refractivity contribution in [3.63, 3.8) is 0 Å². The third-order valence-electron chi connectivity index (χ3n) is 4.72. The summed E-state index contributed by atoms with van der Waals surface area (Å²) in [6.45, 7) is 5.44. The van der Waals surface area contributed by atoms with E-state index in [1.54, 1.807) is 35.2 Å². The Hall–Kier alpha value is -2.58. The lowest BCUT2D eigenvalue weighted by atomic mass is 10.1. The quantitative estimate of drug-likeness (QED) is 0.712. The van der Waals surface area contributed by atoms with Crippen LogP contribution in [0.25, 0.3) is 0 Å². The molecule has 0 aromatic heterocycles. The Labute approximate surface area is 171 Å². The Morgan fingerprint density at radius 2 is 1.90 bits per heavy atom. The molecule has 2 aromatic rings. The van der Waals surface area contributed by atoms with Crippen molar-refractivity contribution >= 4 is 21.6 Å². The van der Waals surface area contributed by atoms with Gasteiger partial charge >= 0.3 is 0 Å². The second kappa shape index (κ2) is 8.84. The van der Waals surface area contributed by atoms with Crippen molar-refractivity contribution in [2.75, 3.05) is 31.7 Å². The van der Waals surface area contributed by atoms with E-state index in [1.165, 1.54) is 13.1 Å². The number of rotatable bonds is 8. The topological polar surface area (TPSA) is 84.9 Å². The average Bonchev–Trinajstić information content (AvgIpc) is 3.15. The van der Waals surface area contributed by atoms with Crippen LogP contribution in [-0.2, 0) is 16.4 Å². The van der Waals surface area contributed by atoms with E-state index >= 15 is 0 Å². The van der Waals surface area contributed by atoms with Crippen molar-refractivity contribution in [2.24, 2.45) is 0 Å². The smallest absolute Gasteiger partial charge is 0.258 e. The highest BCUT2D eigenvalue weighted by Gasteiger charge is 2.27. The predicted molar refractivity (Wildman–Crippen MR) is 111 cm³/mol. The number of fused-ring (bicyclic) bond motifs is 1. The Morgan fingerprint density at radius 3 is 2.59 bits per heavy atom. The molecule has 0 radical (unpaired) electrons. The molecule has 0 atom stereocenters. The highest BCUT2D eigenvalue weighted by Crippen LogP contribution is 2.33. The molecule has 0 saturated carbocycles. The van der Waals surface area contributed by atoms with Gasteiger partial charge in [-0.1, -0.05) is 6.92 Å². The number of nitrogens with one attached hydrogen (secondary N) is 1. The maximum atomic E-state index is 13.1. The van der Waals surface area contributed by atoms with E-state index in [0.29, 0.717) is 43.2 Å². The van der Waals surface area contributed by atoms with Crippen LogP contribution in [0.1, 0.15) is 36.2 Å². The molecule has 156 valence electrons. The summed E-state index contributed by atoms with van der Waals surface area (Å²) in [5.41, 5.74) is 2.06. The summed E-state index contributed by atoms with van der Waals surface area (Å²) < 4.78 is 37.7. The van der Waals surface area contributed by atoms with E-state index in [1.807, 2.05) is 13.8 Å². The minimum Gasteiger partial charge on any atom is -0.490 e. The van der Waals surface area contributed by atoms with Crippen molar-refractivity contribution < 1.29 is 22.7 Å². The minimum absolute atomic E-state index is 0.157. The molecular formula is C21H26N2O5S. The van der Waals surface area contributed by atoms with Crippen LogP contribution in [0, 0.1) is 0 Å². The molecule has 2 aromatic carbocycles. The van der Waals surface area contributed by atoms with E-state index < -0.39 is 10.0 Å². The molecule has 0 saturated heterocycles. The van der Waals surface area contributed by atoms with E-state index in [2.05, 4.69) is 4.72 Å². The van der Waals surface area contributed by atoms with Crippen LogP contribution in [0.4, 0.5) is 5.69 Å². The molecule has 1 aliphatic heterocycles. The zero-order valence-electron chi connectivity index (χ0n) is 16.9. The van der Waals surface area contributed by atoms with Gasteiger partial charge in [0.15, 0.2) is 11.5 Å². The van der Waals surface area contributed by atoms with Gasteiger partial charge in [0.2, 0.25) is 10.0 Å². The zero-order chi connectivity index (χ0) is 21.0. The summed E-state index contributed by atoms with van der Waals surface area (Å²) in [5.74, 6) is 1.01. The number of carbonyl (C=O) groups excluding carboxylic acids is 1. The molecule has 1 N–H and O–H groups in total. The zero-order valence-corrected chi connectivity index (χ0v) is 17.7. The number of carbonyl (C=O) groups is 1.